The van der Waals surface area contributed by atoms with E-state index in [0.29, 0.717) is 5.84 Å². The summed E-state index contributed by atoms with van der Waals surface area (Å²) in [5, 5.41) is 11.9. The third kappa shape index (κ3) is 3.56. The number of thioether (sulfide) groups is 1. The number of nitrogens with zero attached hydrogens (tertiary/aromatic N) is 2. The molecule has 1 saturated heterocycles. The number of amidine groups is 1. The van der Waals surface area contributed by atoms with Gasteiger partial charge in [-0.3, -0.25) is 0 Å². The van der Waals surface area contributed by atoms with E-state index in [1.54, 1.807) is 0 Å². The number of nitrogens with two attached hydrogens (primary N) is 1. The topological polar surface area (TPSA) is 61.8 Å². The number of oxime groups is 1. The fourth-order valence-electron chi connectivity index (χ4n) is 1.99. The van der Waals surface area contributed by atoms with Crippen molar-refractivity contribution in [2.45, 2.75) is 26.7 Å². The monoisotopic (exact) mass is 245 g/mol. The van der Waals surface area contributed by atoms with Crippen molar-refractivity contribution in [3.05, 3.63) is 0 Å². The molecule has 0 unspecified atom stereocenters. The van der Waals surface area contributed by atoms with Gasteiger partial charge < -0.3 is 15.8 Å². The molecule has 94 valence electrons. The highest BCUT2D eigenvalue weighted by Gasteiger charge is 2.33. The molecule has 0 aliphatic carbocycles. The molecule has 0 atom stereocenters. The molecular formula is C11H23N3OS. The maximum Gasteiger partial charge on any atom is 0.145 e. The quantitative estimate of drug-likeness (QED) is 0.254. The minimum atomic E-state index is -0.108. The van der Waals surface area contributed by atoms with Gasteiger partial charge >= 0.3 is 0 Å². The number of hydrogen-bond acceptors (Lipinski definition) is 4. The second-order valence-corrected chi connectivity index (χ2v) is 5.98. The number of hydrogen-bond donors (Lipinski definition) is 2. The molecule has 16 heavy (non-hydrogen) atoms. The molecular weight excluding hydrogens is 222 g/mol. The minimum absolute atomic E-state index is 0.108. The van der Waals surface area contributed by atoms with Crippen molar-refractivity contribution in [3.8, 4) is 0 Å². The molecule has 0 aromatic heterocycles. The smallest absolute Gasteiger partial charge is 0.145 e. The lowest BCUT2D eigenvalue weighted by atomic mass is 9.79. The van der Waals surface area contributed by atoms with Crippen LogP contribution in [-0.4, -0.2) is 47.1 Å². The summed E-state index contributed by atoms with van der Waals surface area (Å²) in [6, 6.07) is 0. The number of piperidine rings is 1. The van der Waals surface area contributed by atoms with Gasteiger partial charge in [0.2, 0.25) is 0 Å². The van der Waals surface area contributed by atoms with Crippen molar-refractivity contribution in [2.75, 3.05) is 31.1 Å². The second kappa shape index (κ2) is 6.35. The molecule has 0 amide bonds. The van der Waals surface area contributed by atoms with Crippen molar-refractivity contribution in [1.29, 1.82) is 0 Å². The van der Waals surface area contributed by atoms with Crippen molar-refractivity contribution >= 4 is 17.6 Å². The van der Waals surface area contributed by atoms with Gasteiger partial charge in [0.25, 0.3) is 0 Å². The fourth-order valence-corrected chi connectivity index (χ4v) is 2.66. The maximum atomic E-state index is 8.74. The Bertz CT molecular complexity index is 237. The Morgan fingerprint density at radius 1 is 1.50 bits per heavy atom. The summed E-state index contributed by atoms with van der Waals surface area (Å²) in [6.07, 6.45) is 1.97. The molecule has 4 nitrogen and oxygen atoms in total. The van der Waals surface area contributed by atoms with Gasteiger partial charge in [0.05, 0.1) is 0 Å². The Balaban J connectivity index is 2.33. The van der Waals surface area contributed by atoms with Gasteiger partial charge in [-0.2, -0.15) is 11.8 Å². The first kappa shape index (κ1) is 13.6. The number of likely N-dealkylation sites (tertiary alicyclic amines) is 1. The van der Waals surface area contributed by atoms with Crippen LogP contribution in [-0.2, 0) is 0 Å². The Hall–Kier alpha value is -0.420. The lowest BCUT2D eigenvalue weighted by Gasteiger charge is -2.38. The summed E-state index contributed by atoms with van der Waals surface area (Å²) in [4.78, 5) is 2.47. The third-order valence-electron chi connectivity index (χ3n) is 3.44. The van der Waals surface area contributed by atoms with E-state index in [1.807, 2.05) is 11.8 Å². The number of rotatable bonds is 5. The summed E-state index contributed by atoms with van der Waals surface area (Å²) in [5.74, 6) is 2.78. The van der Waals surface area contributed by atoms with Crippen molar-refractivity contribution < 1.29 is 5.21 Å². The Morgan fingerprint density at radius 2 is 2.12 bits per heavy atom. The summed E-state index contributed by atoms with van der Waals surface area (Å²) in [7, 11) is 0. The summed E-state index contributed by atoms with van der Waals surface area (Å²) >= 11 is 1.98. The molecule has 0 aromatic carbocycles. The van der Waals surface area contributed by atoms with Gasteiger partial charge in [-0.25, -0.2) is 0 Å². The van der Waals surface area contributed by atoms with Crippen LogP contribution in [0.5, 0.6) is 0 Å². The first-order valence-corrected chi connectivity index (χ1v) is 7.06. The van der Waals surface area contributed by atoms with Crippen LogP contribution in [0, 0.1) is 5.41 Å². The van der Waals surface area contributed by atoms with Gasteiger partial charge in [-0.1, -0.05) is 19.0 Å². The largest absolute Gasteiger partial charge is 0.409 e. The fraction of sp³-hybridized carbons (Fsp3) is 0.909. The van der Waals surface area contributed by atoms with E-state index in [1.165, 1.54) is 11.5 Å². The average molecular weight is 245 g/mol. The van der Waals surface area contributed by atoms with Crippen LogP contribution >= 0.6 is 11.8 Å². The molecule has 5 heteroatoms. The molecule has 1 aliphatic rings. The van der Waals surface area contributed by atoms with Crippen LogP contribution in [0.1, 0.15) is 26.7 Å². The van der Waals surface area contributed by atoms with Crippen LogP contribution in [0.4, 0.5) is 0 Å². The lowest BCUT2D eigenvalue weighted by Crippen LogP contribution is -2.46. The van der Waals surface area contributed by atoms with Gasteiger partial charge in [0, 0.05) is 17.7 Å². The summed E-state index contributed by atoms with van der Waals surface area (Å²) < 4.78 is 0. The van der Waals surface area contributed by atoms with Crippen molar-refractivity contribution in [3.63, 3.8) is 0 Å². The molecule has 1 aliphatic heterocycles. The standard InChI is InChI=1S/C11H23N3OS/c1-3-16-9-8-14-6-4-11(2,5-7-14)10(12)13-15/h15H,3-9H2,1-2H3,(H2,12,13). The van der Waals surface area contributed by atoms with E-state index < -0.39 is 0 Å². The van der Waals surface area contributed by atoms with E-state index in [9.17, 15) is 0 Å². The van der Waals surface area contributed by atoms with Crippen LogP contribution in [0.2, 0.25) is 0 Å². The highest BCUT2D eigenvalue weighted by Crippen LogP contribution is 2.30. The van der Waals surface area contributed by atoms with Gasteiger partial charge in [0.1, 0.15) is 5.84 Å². The minimum Gasteiger partial charge on any atom is -0.409 e. The van der Waals surface area contributed by atoms with Gasteiger partial charge in [-0.05, 0) is 31.7 Å². The molecule has 0 bridgehead atoms. The van der Waals surface area contributed by atoms with Crippen LogP contribution < -0.4 is 5.73 Å². The van der Waals surface area contributed by atoms with E-state index >= 15 is 0 Å². The molecule has 1 heterocycles. The van der Waals surface area contributed by atoms with Crippen molar-refractivity contribution in [2.24, 2.45) is 16.3 Å². The Kier molecular flexibility index (Phi) is 5.41. The molecule has 0 spiro atoms. The highest BCUT2D eigenvalue weighted by molar-refractivity contribution is 7.99. The van der Waals surface area contributed by atoms with Gasteiger partial charge in [-0.15, -0.1) is 0 Å². The molecule has 0 saturated carbocycles. The molecule has 0 aromatic rings. The molecule has 1 fully saturated rings. The normalized spacial score (nSPS) is 22.2. The lowest BCUT2D eigenvalue weighted by molar-refractivity contribution is 0.167. The highest BCUT2D eigenvalue weighted by atomic mass is 32.2. The predicted molar refractivity (Wildman–Crippen MR) is 70.2 cm³/mol. The Labute approximate surface area is 102 Å². The van der Waals surface area contributed by atoms with E-state index in [2.05, 4.69) is 23.9 Å². The average Bonchev–Trinajstić information content (AvgIpc) is 2.31. The van der Waals surface area contributed by atoms with E-state index in [4.69, 9.17) is 10.9 Å². The first-order chi connectivity index (χ1) is 7.62. The second-order valence-electron chi connectivity index (χ2n) is 4.58. The SMILES string of the molecule is CCSCCN1CCC(C)(C(N)=NO)CC1. The zero-order valence-corrected chi connectivity index (χ0v) is 11.1. The predicted octanol–water partition coefficient (Wildman–Crippen LogP) is 1.59. The summed E-state index contributed by atoms with van der Waals surface area (Å²) in [5.41, 5.74) is 5.62. The zero-order valence-electron chi connectivity index (χ0n) is 10.3. The van der Waals surface area contributed by atoms with Crippen LogP contribution in [0.3, 0.4) is 0 Å². The maximum absolute atomic E-state index is 8.74. The van der Waals surface area contributed by atoms with E-state index in [-0.39, 0.29) is 5.41 Å². The zero-order chi connectivity index (χ0) is 12.0. The molecule has 3 N–H and O–H groups in total. The van der Waals surface area contributed by atoms with Gasteiger partial charge in [0.15, 0.2) is 0 Å². The van der Waals surface area contributed by atoms with Crippen LogP contribution in [0.25, 0.3) is 0 Å². The van der Waals surface area contributed by atoms with Crippen molar-refractivity contribution in [1.82, 2.24) is 4.90 Å². The first-order valence-electron chi connectivity index (χ1n) is 5.90. The third-order valence-corrected chi connectivity index (χ3v) is 4.32. The van der Waals surface area contributed by atoms with Crippen LogP contribution in [0.15, 0.2) is 5.16 Å². The Morgan fingerprint density at radius 3 is 2.62 bits per heavy atom. The summed E-state index contributed by atoms with van der Waals surface area (Å²) in [6.45, 7) is 7.54. The molecule has 1 rings (SSSR count). The molecule has 0 radical (unpaired) electrons. The van der Waals surface area contributed by atoms with E-state index in [0.717, 1.165) is 32.5 Å².